The molecule has 0 aromatic carbocycles. The van der Waals surface area contributed by atoms with Gasteiger partial charge in [-0.15, -0.1) is 0 Å². The predicted octanol–water partition coefficient (Wildman–Crippen LogP) is -0.185. The van der Waals surface area contributed by atoms with Crippen LogP contribution in [0.5, 0.6) is 0 Å². The first-order valence-corrected chi connectivity index (χ1v) is 4.18. The van der Waals surface area contributed by atoms with Crippen molar-refractivity contribution in [2.75, 3.05) is 32.7 Å². The van der Waals surface area contributed by atoms with Gasteiger partial charge in [0.15, 0.2) is 6.10 Å². The standard InChI is InChI=1S/C7H13F3N2O/c8-7(9,10)6(13)5-12-3-1-11-2-4-12/h6,11,13H,1-5H2. The number of nitrogens with zero attached hydrogens (tertiary/aromatic N) is 1. The SMILES string of the molecule is OC(CN1CCNCC1)C(F)(F)F. The summed E-state index contributed by atoms with van der Waals surface area (Å²) in [4.78, 5) is 1.61. The fourth-order valence-corrected chi connectivity index (χ4v) is 1.24. The van der Waals surface area contributed by atoms with E-state index in [0.29, 0.717) is 26.2 Å². The summed E-state index contributed by atoms with van der Waals surface area (Å²) in [6, 6.07) is 0. The molecule has 0 aromatic heterocycles. The Morgan fingerprint density at radius 2 is 1.85 bits per heavy atom. The lowest BCUT2D eigenvalue weighted by Gasteiger charge is -2.29. The molecule has 6 heteroatoms. The molecule has 1 unspecified atom stereocenters. The van der Waals surface area contributed by atoms with E-state index >= 15 is 0 Å². The van der Waals surface area contributed by atoms with E-state index in [1.54, 1.807) is 4.90 Å². The molecule has 1 saturated heterocycles. The Morgan fingerprint density at radius 1 is 1.31 bits per heavy atom. The van der Waals surface area contributed by atoms with Gasteiger partial charge in [0.05, 0.1) is 0 Å². The Kier molecular flexibility index (Phi) is 3.52. The lowest BCUT2D eigenvalue weighted by atomic mass is 10.3. The summed E-state index contributed by atoms with van der Waals surface area (Å²) < 4.78 is 35.7. The van der Waals surface area contributed by atoms with Gasteiger partial charge in [0.25, 0.3) is 0 Å². The summed E-state index contributed by atoms with van der Waals surface area (Å²) >= 11 is 0. The number of alkyl halides is 3. The van der Waals surface area contributed by atoms with E-state index in [-0.39, 0.29) is 6.54 Å². The average molecular weight is 198 g/mol. The Labute approximate surface area is 74.5 Å². The first kappa shape index (κ1) is 10.7. The smallest absolute Gasteiger partial charge is 0.382 e. The summed E-state index contributed by atoms with van der Waals surface area (Å²) in [5.41, 5.74) is 0. The molecular weight excluding hydrogens is 185 g/mol. The largest absolute Gasteiger partial charge is 0.415 e. The van der Waals surface area contributed by atoms with Gasteiger partial charge in [-0.1, -0.05) is 0 Å². The minimum Gasteiger partial charge on any atom is -0.382 e. The van der Waals surface area contributed by atoms with E-state index in [9.17, 15) is 13.2 Å². The van der Waals surface area contributed by atoms with Crippen LogP contribution in [0.2, 0.25) is 0 Å². The molecule has 2 N–H and O–H groups in total. The van der Waals surface area contributed by atoms with Crippen LogP contribution in [-0.4, -0.2) is 55.0 Å². The van der Waals surface area contributed by atoms with Gasteiger partial charge < -0.3 is 10.4 Å². The Balaban J connectivity index is 2.30. The number of hydrogen-bond acceptors (Lipinski definition) is 3. The molecule has 0 amide bonds. The zero-order valence-electron chi connectivity index (χ0n) is 7.14. The van der Waals surface area contributed by atoms with Crippen molar-refractivity contribution >= 4 is 0 Å². The summed E-state index contributed by atoms with van der Waals surface area (Å²) in [7, 11) is 0. The summed E-state index contributed by atoms with van der Waals surface area (Å²) in [6.07, 6.45) is -6.71. The van der Waals surface area contributed by atoms with Crippen LogP contribution in [0.3, 0.4) is 0 Å². The topological polar surface area (TPSA) is 35.5 Å². The second-order valence-corrected chi connectivity index (χ2v) is 3.11. The number of rotatable bonds is 2. The highest BCUT2D eigenvalue weighted by Gasteiger charge is 2.39. The molecule has 3 nitrogen and oxygen atoms in total. The van der Waals surface area contributed by atoms with Gasteiger partial charge in [0.2, 0.25) is 0 Å². The molecule has 0 aliphatic carbocycles. The van der Waals surface area contributed by atoms with E-state index < -0.39 is 12.3 Å². The van der Waals surface area contributed by atoms with Gasteiger partial charge in [0.1, 0.15) is 0 Å². The van der Waals surface area contributed by atoms with Gasteiger partial charge >= 0.3 is 6.18 Å². The predicted molar refractivity (Wildman–Crippen MR) is 41.4 cm³/mol. The van der Waals surface area contributed by atoms with Crippen LogP contribution in [0.15, 0.2) is 0 Å². The first-order valence-electron chi connectivity index (χ1n) is 4.18. The van der Waals surface area contributed by atoms with Crippen molar-refractivity contribution in [2.24, 2.45) is 0 Å². The molecule has 1 aliphatic heterocycles. The van der Waals surface area contributed by atoms with Crippen molar-refractivity contribution in [2.45, 2.75) is 12.3 Å². The zero-order chi connectivity index (χ0) is 9.90. The van der Waals surface area contributed by atoms with Gasteiger partial charge in [-0.3, -0.25) is 4.90 Å². The number of halogens is 3. The van der Waals surface area contributed by atoms with E-state index in [0.717, 1.165) is 0 Å². The second kappa shape index (κ2) is 4.26. The number of β-amino-alcohol motifs (C(OH)–C–C–N with tert-alkyl or cyclic N) is 1. The Hall–Kier alpha value is -0.330. The number of aliphatic hydroxyl groups is 1. The van der Waals surface area contributed by atoms with Crippen molar-refractivity contribution in [1.82, 2.24) is 10.2 Å². The van der Waals surface area contributed by atoms with Crippen LogP contribution >= 0.6 is 0 Å². The molecule has 1 rings (SSSR count). The summed E-state index contributed by atoms with van der Waals surface area (Å²) in [6.45, 7) is 2.18. The number of hydrogen-bond donors (Lipinski definition) is 2. The normalized spacial score (nSPS) is 23.1. The molecule has 0 radical (unpaired) electrons. The highest BCUT2D eigenvalue weighted by molar-refractivity contribution is 4.74. The van der Waals surface area contributed by atoms with Crippen molar-refractivity contribution in [3.63, 3.8) is 0 Å². The molecule has 1 atom stereocenters. The molecule has 13 heavy (non-hydrogen) atoms. The molecule has 1 heterocycles. The molecule has 0 aromatic rings. The summed E-state index contributed by atoms with van der Waals surface area (Å²) in [5, 5.41) is 11.8. The third-order valence-electron chi connectivity index (χ3n) is 2.02. The third-order valence-corrected chi connectivity index (χ3v) is 2.02. The van der Waals surface area contributed by atoms with Crippen molar-refractivity contribution in [3.8, 4) is 0 Å². The van der Waals surface area contributed by atoms with Crippen LogP contribution in [0.25, 0.3) is 0 Å². The molecule has 0 spiro atoms. The van der Waals surface area contributed by atoms with Gasteiger partial charge in [-0.05, 0) is 0 Å². The monoisotopic (exact) mass is 198 g/mol. The zero-order valence-corrected chi connectivity index (χ0v) is 7.14. The van der Waals surface area contributed by atoms with Crippen molar-refractivity contribution in [1.29, 1.82) is 0 Å². The molecule has 0 saturated carbocycles. The number of nitrogens with one attached hydrogen (secondary N) is 1. The lowest BCUT2D eigenvalue weighted by Crippen LogP contribution is -2.49. The summed E-state index contributed by atoms with van der Waals surface area (Å²) in [5.74, 6) is 0. The van der Waals surface area contributed by atoms with Gasteiger partial charge in [-0.2, -0.15) is 13.2 Å². The molecule has 78 valence electrons. The quantitative estimate of drug-likeness (QED) is 0.646. The average Bonchev–Trinajstić information content (AvgIpc) is 2.04. The Bertz CT molecular complexity index is 156. The highest BCUT2D eigenvalue weighted by atomic mass is 19.4. The highest BCUT2D eigenvalue weighted by Crippen LogP contribution is 2.20. The minimum absolute atomic E-state index is 0.314. The number of piperazine rings is 1. The molecule has 1 fully saturated rings. The maximum atomic E-state index is 11.9. The lowest BCUT2D eigenvalue weighted by molar-refractivity contribution is -0.208. The maximum Gasteiger partial charge on any atom is 0.415 e. The minimum atomic E-state index is -4.50. The number of aliphatic hydroxyl groups excluding tert-OH is 1. The van der Waals surface area contributed by atoms with E-state index in [1.807, 2.05) is 0 Å². The van der Waals surface area contributed by atoms with Crippen LogP contribution in [0, 0.1) is 0 Å². The third kappa shape index (κ3) is 3.50. The van der Waals surface area contributed by atoms with E-state index in [2.05, 4.69) is 5.32 Å². The fraction of sp³-hybridized carbons (Fsp3) is 1.00. The first-order chi connectivity index (χ1) is 6.00. The second-order valence-electron chi connectivity index (χ2n) is 3.11. The van der Waals surface area contributed by atoms with Gasteiger partial charge in [0, 0.05) is 32.7 Å². The van der Waals surface area contributed by atoms with E-state index in [1.165, 1.54) is 0 Å². The Morgan fingerprint density at radius 3 is 2.31 bits per heavy atom. The van der Waals surface area contributed by atoms with Crippen LogP contribution in [0.4, 0.5) is 13.2 Å². The molecular formula is C7H13F3N2O. The molecule has 0 bridgehead atoms. The fourth-order valence-electron chi connectivity index (χ4n) is 1.24. The van der Waals surface area contributed by atoms with Gasteiger partial charge in [-0.25, -0.2) is 0 Å². The molecule has 1 aliphatic rings. The van der Waals surface area contributed by atoms with Crippen LogP contribution in [-0.2, 0) is 0 Å². The van der Waals surface area contributed by atoms with Crippen molar-refractivity contribution < 1.29 is 18.3 Å². The van der Waals surface area contributed by atoms with Crippen LogP contribution < -0.4 is 5.32 Å². The van der Waals surface area contributed by atoms with Crippen LogP contribution in [0.1, 0.15) is 0 Å². The van der Waals surface area contributed by atoms with Crippen molar-refractivity contribution in [3.05, 3.63) is 0 Å². The van der Waals surface area contributed by atoms with E-state index in [4.69, 9.17) is 5.11 Å². The maximum absolute atomic E-state index is 11.9.